The van der Waals surface area contributed by atoms with E-state index in [4.69, 9.17) is 4.74 Å². The molecular formula is C29H34KN5O3. The Kier molecular flexibility index (Phi) is 11.8. The number of carbonyl (C=O) groups excluding carboxylic acids is 2. The van der Waals surface area contributed by atoms with Crippen molar-refractivity contribution in [2.45, 2.75) is 32.7 Å². The fourth-order valence-corrected chi connectivity index (χ4v) is 4.30. The summed E-state index contributed by atoms with van der Waals surface area (Å²) in [5.41, 5.74) is 4.25. The maximum absolute atomic E-state index is 12.9. The quantitative estimate of drug-likeness (QED) is 0.153. The summed E-state index contributed by atoms with van der Waals surface area (Å²) < 4.78 is 7.39. The van der Waals surface area contributed by atoms with Gasteiger partial charge in [-0.2, -0.15) is 0 Å². The van der Waals surface area contributed by atoms with Gasteiger partial charge in [0.1, 0.15) is 13.7 Å². The first-order valence-electron chi connectivity index (χ1n) is 12.6. The van der Waals surface area contributed by atoms with E-state index in [1.807, 2.05) is 62.5 Å². The average molecular weight is 540 g/mol. The molecule has 2 heterocycles. The third kappa shape index (κ3) is 8.62. The van der Waals surface area contributed by atoms with Gasteiger partial charge in [-0.05, 0) is 81.2 Å². The molecule has 0 radical (unpaired) electrons. The van der Waals surface area contributed by atoms with Crippen LogP contribution in [0, 0.1) is 19.7 Å². The fourth-order valence-electron chi connectivity index (χ4n) is 4.30. The molecule has 2 N–H and O–H groups in total. The molecule has 1 amide bonds. The van der Waals surface area contributed by atoms with Gasteiger partial charge in [-0.15, -0.1) is 6.20 Å². The van der Waals surface area contributed by atoms with E-state index in [1.54, 1.807) is 24.4 Å². The number of anilines is 1. The number of benzene rings is 2. The summed E-state index contributed by atoms with van der Waals surface area (Å²) in [6.07, 6.45) is 8.92. The number of hydrogen-bond donors (Lipinski definition) is 2. The van der Waals surface area contributed by atoms with Crippen molar-refractivity contribution in [2.75, 3.05) is 38.6 Å². The number of aliphatic imine (C=N–C) groups is 1. The Bertz CT molecular complexity index is 1230. The summed E-state index contributed by atoms with van der Waals surface area (Å²) in [5, 5.41) is 6.11. The Labute approximate surface area is 267 Å². The van der Waals surface area contributed by atoms with Crippen LogP contribution in [0.3, 0.4) is 0 Å². The molecule has 0 spiro atoms. The van der Waals surface area contributed by atoms with E-state index in [0.29, 0.717) is 29.0 Å². The molecule has 0 saturated carbocycles. The van der Waals surface area contributed by atoms with Gasteiger partial charge in [0, 0.05) is 23.8 Å². The van der Waals surface area contributed by atoms with Crippen LogP contribution in [0.15, 0.2) is 53.7 Å². The Morgan fingerprint density at radius 2 is 2.00 bits per heavy atom. The van der Waals surface area contributed by atoms with Crippen LogP contribution >= 0.6 is 0 Å². The van der Waals surface area contributed by atoms with Crippen LogP contribution in [0.1, 0.15) is 57.7 Å². The molecule has 2 aromatic carbocycles. The van der Waals surface area contributed by atoms with Crippen LogP contribution in [0.5, 0.6) is 0 Å². The summed E-state index contributed by atoms with van der Waals surface area (Å²) in [6.45, 7) is 9.02. The first kappa shape index (κ1) is 30.3. The molecular weight excluding hydrogens is 505 g/mol. The first-order valence-corrected chi connectivity index (χ1v) is 12.6. The van der Waals surface area contributed by atoms with Gasteiger partial charge in [-0.25, -0.2) is 4.79 Å². The predicted molar refractivity (Wildman–Crippen MR) is 145 cm³/mol. The smallest absolute Gasteiger partial charge is 0.560 e. The number of amides is 1. The van der Waals surface area contributed by atoms with Crippen molar-refractivity contribution in [2.24, 2.45) is 4.99 Å². The molecule has 38 heavy (non-hydrogen) atoms. The van der Waals surface area contributed by atoms with E-state index in [9.17, 15) is 9.59 Å². The molecule has 0 aliphatic carbocycles. The van der Waals surface area contributed by atoms with Crippen molar-refractivity contribution < 1.29 is 70.3 Å². The van der Waals surface area contributed by atoms with Crippen LogP contribution in [0.4, 0.5) is 5.69 Å². The Morgan fingerprint density at radius 1 is 1.24 bits per heavy atom. The molecule has 194 valence electrons. The Balaban J connectivity index is 0.00000400. The minimum Gasteiger partial charge on any atom is -0.560 e. The molecule has 9 heteroatoms. The van der Waals surface area contributed by atoms with Crippen LogP contribution in [-0.2, 0) is 4.74 Å². The normalized spacial score (nSPS) is 16.7. The van der Waals surface area contributed by atoms with Gasteiger partial charge in [0.25, 0.3) is 5.91 Å². The molecule has 1 fully saturated rings. The molecule has 1 unspecified atom stereocenters. The number of ether oxygens (including phenoxy) is 1. The van der Waals surface area contributed by atoms with Crippen molar-refractivity contribution in [3.8, 4) is 0 Å². The van der Waals surface area contributed by atoms with Crippen LogP contribution in [0.25, 0.3) is 0 Å². The van der Waals surface area contributed by atoms with Crippen molar-refractivity contribution >= 4 is 29.5 Å². The first-order chi connectivity index (χ1) is 17.9. The van der Waals surface area contributed by atoms with Crippen molar-refractivity contribution in [3.63, 3.8) is 0 Å². The van der Waals surface area contributed by atoms with Gasteiger partial charge in [0.15, 0.2) is 0 Å². The summed E-state index contributed by atoms with van der Waals surface area (Å²) in [6, 6.07) is 12.7. The second-order valence-corrected chi connectivity index (χ2v) is 9.41. The maximum atomic E-state index is 12.9. The predicted octanol–water partition coefficient (Wildman–Crippen LogP) is 0.758. The van der Waals surface area contributed by atoms with E-state index < -0.39 is 0 Å². The molecule has 2 aliphatic rings. The number of rotatable bonds is 10. The SMILES string of the molecule is Cc1cc(C(=O)Nc2cccc(C(C)N[C-]=CN=C3C=[N+](C)[CH-]3)c2)ccc1C(=O)OCCN1CCCC1.[K+]. The molecule has 1 atom stereocenters. The van der Waals surface area contributed by atoms with E-state index >= 15 is 0 Å². The molecule has 0 bridgehead atoms. The summed E-state index contributed by atoms with van der Waals surface area (Å²) in [5.74, 6) is -0.596. The van der Waals surface area contributed by atoms with Gasteiger partial charge < -0.3 is 31.1 Å². The second kappa shape index (κ2) is 14.8. The van der Waals surface area contributed by atoms with E-state index in [1.165, 1.54) is 12.8 Å². The molecule has 0 aromatic heterocycles. The van der Waals surface area contributed by atoms with Crippen LogP contribution < -0.4 is 62.0 Å². The number of hydrogen-bond acceptors (Lipinski definition) is 6. The third-order valence-electron chi connectivity index (χ3n) is 6.44. The van der Waals surface area contributed by atoms with Crippen LogP contribution in [-0.4, -0.2) is 66.6 Å². The zero-order chi connectivity index (χ0) is 26.2. The van der Waals surface area contributed by atoms with Crippen molar-refractivity contribution in [3.05, 3.63) is 83.7 Å². The third-order valence-corrected chi connectivity index (χ3v) is 6.44. The van der Waals surface area contributed by atoms with Crippen LogP contribution in [0.2, 0.25) is 0 Å². The number of nitrogens with one attached hydrogen (secondary N) is 2. The van der Waals surface area contributed by atoms with E-state index in [2.05, 4.69) is 26.7 Å². The fraction of sp³-hybridized carbons (Fsp3) is 0.345. The Hall–Kier alpha value is -2.27. The number of esters is 1. The van der Waals surface area contributed by atoms with Gasteiger partial charge in [0.2, 0.25) is 0 Å². The van der Waals surface area contributed by atoms with Gasteiger partial charge in [-0.1, -0.05) is 12.1 Å². The topological polar surface area (TPSA) is 86.0 Å². The van der Waals surface area contributed by atoms with Gasteiger partial charge in [-0.3, -0.25) is 9.69 Å². The largest absolute Gasteiger partial charge is 1.00 e. The monoisotopic (exact) mass is 539 g/mol. The number of carbonyl (C=O) groups is 2. The second-order valence-electron chi connectivity index (χ2n) is 9.41. The average Bonchev–Trinajstić information content (AvgIpc) is 3.38. The van der Waals surface area contributed by atoms with E-state index in [0.717, 1.165) is 30.9 Å². The molecule has 1 saturated heterocycles. The summed E-state index contributed by atoms with van der Waals surface area (Å²) in [7, 11) is 1.95. The number of likely N-dealkylation sites (tertiary alicyclic amines) is 1. The number of nitrogens with zero attached hydrogens (tertiary/aromatic N) is 3. The van der Waals surface area contributed by atoms with Gasteiger partial charge >= 0.3 is 57.4 Å². The summed E-state index contributed by atoms with van der Waals surface area (Å²) in [4.78, 5) is 32.0. The van der Waals surface area contributed by atoms with E-state index in [-0.39, 0.29) is 69.3 Å². The zero-order valence-electron chi connectivity index (χ0n) is 22.7. The molecule has 8 nitrogen and oxygen atoms in total. The minimum atomic E-state index is -0.355. The summed E-state index contributed by atoms with van der Waals surface area (Å²) >= 11 is 0. The number of aryl methyl sites for hydroxylation is 1. The molecule has 4 rings (SSSR count). The Morgan fingerprint density at radius 3 is 2.71 bits per heavy atom. The molecule has 2 aliphatic heterocycles. The minimum absolute atomic E-state index is 0. The van der Waals surface area contributed by atoms with Crippen molar-refractivity contribution in [1.82, 2.24) is 10.2 Å². The molecule has 2 aromatic rings. The standard InChI is InChI=1S/C29H34N5O3.K/c1-21-17-24(9-10-27(21)29(36)37-16-15-34-13-4-5-14-34)28(35)32-25-8-6-7-23(18-25)22(2)30-11-12-31-26-19-33(3)20-26;/h6-10,12,17-20,22,30H,4-5,13-16H2,1-3H3,(H,32,35);/q-1;+1. The van der Waals surface area contributed by atoms with Gasteiger partial charge in [0.05, 0.1) is 24.0 Å². The maximum Gasteiger partial charge on any atom is 1.00 e. The zero-order valence-corrected chi connectivity index (χ0v) is 25.8. The van der Waals surface area contributed by atoms with Crippen molar-refractivity contribution in [1.29, 1.82) is 0 Å².